The van der Waals surface area contributed by atoms with Crippen molar-refractivity contribution in [2.24, 2.45) is 5.73 Å². The Balaban J connectivity index is 1.47. The summed E-state index contributed by atoms with van der Waals surface area (Å²) in [7, 11) is 0. The summed E-state index contributed by atoms with van der Waals surface area (Å²) in [5.74, 6) is 0.548. The number of furan rings is 1. The standard InChI is InChI=1S/C30H26N2O5/c1-5-34-20-8-6-19(7-9-20)27-22-11-10-21(14-24(22)37-29(32)23(27)15-31)35-30(33)28-18(4)26-17(3)12-16(2)13-25(26)36-28/h6-14,27H,5,32H2,1-4H3. The van der Waals surface area contributed by atoms with Gasteiger partial charge in [-0.1, -0.05) is 24.3 Å². The minimum absolute atomic E-state index is 0.0105. The van der Waals surface area contributed by atoms with E-state index >= 15 is 0 Å². The summed E-state index contributed by atoms with van der Waals surface area (Å²) < 4.78 is 22.9. The van der Waals surface area contributed by atoms with Gasteiger partial charge in [0.25, 0.3) is 0 Å². The van der Waals surface area contributed by atoms with E-state index in [1.165, 1.54) is 0 Å². The topological polar surface area (TPSA) is 108 Å². The number of aryl methyl sites for hydroxylation is 3. The molecule has 1 unspecified atom stereocenters. The van der Waals surface area contributed by atoms with Crippen LogP contribution < -0.4 is 19.9 Å². The zero-order valence-corrected chi connectivity index (χ0v) is 21.0. The van der Waals surface area contributed by atoms with E-state index in [2.05, 4.69) is 12.1 Å². The molecule has 2 heterocycles. The number of nitrogens with zero attached hydrogens (tertiary/aromatic N) is 1. The lowest BCUT2D eigenvalue weighted by Crippen LogP contribution is -2.21. The highest BCUT2D eigenvalue weighted by atomic mass is 16.5. The number of nitriles is 1. The normalized spacial score (nSPS) is 14.6. The molecule has 0 amide bonds. The molecule has 2 N–H and O–H groups in total. The fourth-order valence-corrected chi connectivity index (χ4v) is 4.90. The summed E-state index contributed by atoms with van der Waals surface area (Å²) in [5, 5.41) is 10.7. The van der Waals surface area contributed by atoms with Crippen molar-refractivity contribution in [1.82, 2.24) is 0 Å². The Morgan fingerprint density at radius 2 is 1.78 bits per heavy atom. The first-order valence-electron chi connectivity index (χ1n) is 12.0. The van der Waals surface area contributed by atoms with Crippen LogP contribution in [0.25, 0.3) is 11.0 Å². The molecule has 1 aliphatic heterocycles. The van der Waals surface area contributed by atoms with Gasteiger partial charge in [0.05, 0.1) is 12.5 Å². The Bertz CT molecular complexity index is 1610. The molecule has 186 valence electrons. The van der Waals surface area contributed by atoms with Crippen molar-refractivity contribution in [3.63, 3.8) is 0 Å². The van der Waals surface area contributed by atoms with Gasteiger partial charge in [0.15, 0.2) is 0 Å². The van der Waals surface area contributed by atoms with Crippen LogP contribution in [0.15, 0.2) is 70.5 Å². The third kappa shape index (κ3) is 4.27. The number of carbonyl (C=O) groups is 1. The van der Waals surface area contributed by atoms with E-state index in [0.29, 0.717) is 23.5 Å². The van der Waals surface area contributed by atoms with Gasteiger partial charge in [-0.3, -0.25) is 0 Å². The summed E-state index contributed by atoms with van der Waals surface area (Å²) in [6.45, 7) is 8.29. The molecule has 0 radical (unpaired) electrons. The Labute approximate surface area is 214 Å². The lowest BCUT2D eigenvalue weighted by molar-refractivity contribution is 0.0702. The highest BCUT2D eigenvalue weighted by Crippen LogP contribution is 2.44. The molecular weight excluding hydrogens is 468 g/mol. The average Bonchev–Trinajstić information content (AvgIpc) is 3.20. The number of esters is 1. The first-order chi connectivity index (χ1) is 17.8. The summed E-state index contributed by atoms with van der Waals surface area (Å²) in [5.41, 5.74) is 11.5. The van der Waals surface area contributed by atoms with Crippen LogP contribution in [0.5, 0.6) is 17.2 Å². The molecule has 7 heteroatoms. The fourth-order valence-electron chi connectivity index (χ4n) is 4.90. The molecule has 0 spiro atoms. The molecule has 37 heavy (non-hydrogen) atoms. The number of nitrogens with two attached hydrogens (primary N) is 1. The number of rotatable bonds is 5. The van der Waals surface area contributed by atoms with Crippen molar-refractivity contribution in [1.29, 1.82) is 5.26 Å². The van der Waals surface area contributed by atoms with Gasteiger partial charge >= 0.3 is 5.97 Å². The molecular formula is C30H26N2O5. The molecule has 0 bridgehead atoms. The van der Waals surface area contributed by atoms with Crippen molar-refractivity contribution in [3.8, 4) is 23.3 Å². The molecule has 1 aliphatic rings. The van der Waals surface area contributed by atoms with Gasteiger partial charge in [-0.15, -0.1) is 0 Å². The van der Waals surface area contributed by atoms with Crippen molar-refractivity contribution in [2.75, 3.05) is 6.61 Å². The maximum absolute atomic E-state index is 13.1. The molecule has 3 aromatic carbocycles. The second-order valence-electron chi connectivity index (χ2n) is 9.03. The highest BCUT2D eigenvalue weighted by Gasteiger charge is 2.31. The van der Waals surface area contributed by atoms with Crippen molar-refractivity contribution >= 4 is 16.9 Å². The summed E-state index contributed by atoms with van der Waals surface area (Å²) in [6, 6.07) is 18.7. The van der Waals surface area contributed by atoms with E-state index in [1.54, 1.807) is 18.2 Å². The van der Waals surface area contributed by atoms with Crippen LogP contribution in [0, 0.1) is 32.1 Å². The Morgan fingerprint density at radius 3 is 2.49 bits per heavy atom. The van der Waals surface area contributed by atoms with Crippen molar-refractivity contribution in [3.05, 3.63) is 99.6 Å². The van der Waals surface area contributed by atoms with E-state index in [0.717, 1.165) is 39.0 Å². The Kier molecular flexibility index (Phi) is 6.10. The first kappa shape index (κ1) is 24.0. The van der Waals surface area contributed by atoms with Crippen LogP contribution in [0.4, 0.5) is 0 Å². The number of hydrogen-bond acceptors (Lipinski definition) is 7. The van der Waals surface area contributed by atoms with Gasteiger partial charge in [-0.25, -0.2) is 4.79 Å². The van der Waals surface area contributed by atoms with Crippen molar-refractivity contribution < 1.29 is 23.4 Å². The predicted octanol–water partition coefficient (Wildman–Crippen LogP) is 6.19. The molecule has 0 saturated carbocycles. The second-order valence-corrected chi connectivity index (χ2v) is 9.03. The van der Waals surface area contributed by atoms with Crippen LogP contribution in [0.3, 0.4) is 0 Å². The number of hydrogen-bond donors (Lipinski definition) is 1. The number of carbonyl (C=O) groups excluding carboxylic acids is 1. The minimum Gasteiger partial charge on any atom is -0.494 e. The van der Waals surface area contributed by atoms with E-state index in [4.69, 9.17) is 24.4 Å². The maximum atomic E-state index is 13.1. The second kappa shape index (κ2) is 9.40. The Morgan fingerprint density at radius 1 is 1.05 bits per heavy atom. The lowest BCUT2D eigenvalue weighted by atomic mass is 9.83. The fraction of sp³-hybridized carbons (Fsp3) is 0.200. The van der Waals surface area contributed by atoms with E-state index < -0.39 is 11.9 Å². The molecule has 0 aliphatic carbocycles. The maximum Gasteiger partial charge on any atom is 0.379 e. The number of fused-ring (bicyclic) bond motifs is 2. The lowest BCUT2D eigenvalue weighted by Gasteiger charge is -2.26. The largest absolute Gasteiger partial charge is 0.494 e. The van der Waals surface area contributed by atoms with Gasteiger partial charge < -0.3 is 24.4 Å². The van der Waals surface area contributed by atoms with Gasteiger partial charge in [0.1, 0.15) is 34.5 Å². The van der Waals surface area contributed by atoms with Crippen LogP contribution in [-0.4, -0.2) is 12.6 Å². The van der Waals surface area contributed by atoms with Crippen LogP contribution in [-0.2, 0) is 0 Å². The zero-order chi connectivity index (χ0) is 26.3. The monoisotopic (exact) mass is 494 g/mol. The zero-order valence-electron chi connectivity index (χ0n) is 21.0. The molecule has 1 aromatic heterocycles. The number of allylic oxidation sites excluding steroid dienone is 1. The quantitative estimate of drug-likeness (QED) is 0.260. The van der Waals surface area contributed by atoms with E-state index in [1.807, 2.05) is 58.0 Å². The predicted molar refractivity (Wildman–Crippen MR) is 139 cm³/mol. The molecule has 1 atom stereocenters. The minimum atomic E-state index is -0.606. The van der Waals surface area contributed by atoms with Crippen LogP contribution in [0.1, 0.15) is 51.2 Å². The third-order valence-corrected chi connectivity index (χ3v) is 6.48. The average molecular weight is 495 g/mol. The van der Waals surface area contributed by atoms with Gasteiger partial charge in [-0.2, -0.15) is 5.26 Å². The van der Waals surface area contributed by atoms with E-state index in [-0.39, 0.29) is 17.4 Å². The van der Waals surface area contributed by atoms with Gasteiger partial charge in [0, 0.05) is 22.6 Å². The summed E-state index contributed by atoms with van der Waals surface area (Å²) in [4.78, 5) is 13.1. The van der Waals surface area contributed by atoms with Gasteiger partial charge in [0.2, 0.25) is 11.6 Å². The summed E-state index contributed by atoms with van der Waals surface area (Å²) in [6.07, 6.45) is 0. The molecule has 7 nitrogen and oxygen atoms in total. The molecule has 0 fully saturated rings. The Hall–Kier alpha value is -4.70. The summed E-state index contributed by atoms with van der Waals surface area (Å²) >= 11 is 0. The number of benzene rings is 3. The molecule has 5 rings (SSSR count). The van der Waals surface area contributed by atoms with Crippen LogP contribution in [0.2, 0.25) is 0 Å². The smallest absolute Gasteiger partial charge is 0.379 e. The SMILES string of the molecule is CCOc1ccc(C2C(C#N)=C(N)Oc3cc(OC(=O)c4oc5cc(C)cc(C)c5c4C)ccc32)cc1. The molecule has 0 saturated heterocycles. The number of ether oxygens (including phenoxy) is 3. The van der Waals surface area contributed by atoms with Gasteiger partial charge in [-0.05, 0) is 68.7 Å². The van der Waals surface area contributed by atoms with Crippen molar-refractivity contribution in [2.45, 2.75) is 33.6 Å². The van der Waals surface area contributed by atoms with Crippen LogP contribution >= 0.6 is 0 Å². The first-order valence-corrected chi connectivity index (χ1v) is 12.0. The van der Waals surface area contributed by atoms with E-state index in [9.17, 15) is 10.1 Å². The molecule has 4 aromatic rings. The third-order valence-electron chi connectivity index (χ3n) is 6.48. The highest BCUT2D eigenvalue weighted by molar-refractivity contribution is 5.98.